The van der Waals surface area contributed by atoms with Gasteiger partial charge in [-0.1, -0.05) is 24.3 Å². The van der Waals surface area contributed by atoms with Gasteiger partial charge in [0.2, 0.25) is 5.91 Å². The van der Waals surface area contributed by atoms with Gasteiger partial charge in [-0.05, 0) is 32.9 Å². The van der Waals surface area contributed by atoms with Crippen molar-refractivity contribution < 1.29 is 14.3 Å². The summed E-state index contributed by atoms with van der Waals surface area (Å²) in [5, 5.41) is 2.08. The average Bonchev–Trinajstić information content (AvgIpc) is 2.97. The first-order valence-corrected chi connectivity index (χ1v) is 9.96. The molecular formula is C21H17BrN4O3. The van der Waals surface area contributed by atoms with E-state index in [-0.39, 0.29) is 5.91 Å². The van der Waals surface area contributed by atoms with Crippen molar-refractivity contribution in [3.63, 3.8) is 0 Å². The molecule has 0 atom stereocenters. The van der Waals surface area contributed by atoms with Crippen molar-refractivity contribution in [1.29, 1.82) is 0 Å². The van der Waals surface area contributed by atoms with Crippen molar-refractivity contribution in [2.75, 3.05) is 25.1 Å². The van der Waals surface area contributed by atoms with Crippen LogP contribution in [0.15, 0.2) is 53.4 Å². The molecule has 2 amide bonds. The lowest BCUT2D eigenvalue weighted by molar-refractivity contribution is -0.128. The maximum atomic E-state index is 13.5. The number of rotatable bonds is 2. The molecule has 0 N–H and O–H groups in total. The molecule has 4 heterocycles. The second-order valence-corrected chi connectivity index (χ2v) is 8.09. The van der Waals surface area contributed by atoms with E-state index in [9.17, 15) is 9.59 Å². The first kappa shape index (κ1) is 18.1. The van der Waals surface area contributed by atoms with E-state index in [1.807, 2.05) is 36.5 Å². The molecule has 0 aliphatic carbocycles. The fourth-order valence-electron chi connectivity index (χ4n) is 4.24. The van der Waals surface area contributed by atoms with Crippen LogP contribution in [-0.2, 0) is 21.5 Å². The van der Waals surface area contributed by atoms with Crippen LogP contribution in [0.25, 0.3) is 10.8 Å². The Balaban J connectivity index is 1.51. The number of amides is 2. The van der Waals surface area contributed by atoms with Crippen molar-refractivity contribution in [3.8, 4) is 0 Å². The van der Waals surface area contributed by atoms with Crippen LogP contribution in [0.1, 0.15) is 11.3 Å². The SMILES string of the molecule is COC(=O)N1CC2(C1)C(=O)N(Cc1ncc3ccccc3c1Br)c1cnccc12. The van der Waals surface area contributed by atoms with Gasteiger partial charge < -0.3 is 14.5 Å². The Morgan fingerprint density at radius 3 is 2.83 bits per heavy atom. The molecule has 8 heteroatoms. The van der Waals surface area contributed by atoms with Crippen LogP contribution >= 0.6 is 15.9 Å². The van der Waals surface area contributed by atoms with Gasteiger partial charge in [-0.25, -0.2) is 4.79 Å². The summed E-state index contributed by atoms with van der Waals surface area (Å²) in [6, 6.07) is 9.83. The summed E-state index contributed by atoms with van der Waals surface area (Å²) in [5.74, 6) is -0.0393. The Labute approximate surface area is 175 Å². The average molecular weight is 453 g/mol. The third kappa shape index (κ3) is 2.55. The van der Waals surface area contributed by atoms with E-state index < -0.39 is 11.5 Å². The molecule has 2 aromatic heterocycles. The Kier molecular flexibility index (Phi) is 4.06. The lowest BCUT2D eigenvalue weighted by Gasteiger charge is -2.45. The van der Waals surface area contributed by atoms with E-state index in [1.165, 1.54) is 12.0 Å². The number of ether oxygens (including phenoxy) is 1. The van der Waals surface area contributed by atoms with E-state index >= 15 is 0 Å². The van der Waals surface area contributed by atoms with Crippen LogP contribution in [-0.4, -0.2) is 47.1 Å². The molecule has 1 aromatic carbocycles. The van der Waals surface area contributed by atoms with Crippen LogP contribution in [0.2, 0.25) is 0 Å². The minimum atomic E-state index is -0.740. The van der Waals surface area contributed by atoms with E-state index in [1.54, 1.807) is 17.3 Å². The largest absolute Gasteiger partial charge is 0.453 e. The summed E-state index contributed by atoms with van der Waals surface area (Å²) >= 11 is 3.66. The number of anilines is 1. The predicted molar refractivity (Wildman–Crippen MR) is 111 cm³/mol. The Hall–Kier alpha value is -3.00. The van der Waals surface area contributed by atoms with Crippen molar-refractivity contribution >= 4 is 44.4 Å². The van der Waals surface area contributed by atoms with Gasteiger partial charge in [0, 0.05) is 35.3 Å². The van der Waals surface area contributed by atoms with E-state index in [4.69, 9.17) is 4.74 Å². The number of fused-ring (bicyclic) bond motifs is 3. The zero-order valence-electron chi connectivity index (χ0n) is 15.6. The number of benzene rings is 1. The van der Waals surface area contributed by atoms with Crippen LogP contribution in [0.5, 0.6) is 0 Å². The van der Waals surface area contributed by atoms with Crippen LogP contribution in [0.4, 0.5) is 10.5 Å². The van der Waals surface area contributed by atoms with Gasteiger partial charge in [-0.15, -0.1) is 0 Å². The van der Waals surface area contributed by atoms with E-state index in [0.29, 0.717) is 19.6 Å². The Morgan fingerprint density at radius 1 is 1.24 bits per heavy atom. The minimum Gasteiger partial charge on any atom is -0.453 e. The van der Waals surface area contributed by atoms with Crippen molar-refractivity contribution in [3.05, 3.63) is 64.7 Å². The van der Waals surface area contributed by atoms with Gasteiger partial charge in [-0.2, -0.15) is 0 Å². The molecule has 0 radical (unpaired) electrons. The summed E-state index contributed by atoms with van der Waals surface area (Å²) in [6.07, 6.45) is 4.79. The number of carbonyl (C=O) groups is 2. The summed E-state index contributed by atoms with van der Waals surface area (Å²) < 4.78 is 5.67. The van der Waals surface area contributed by atoms with Crippen LogP contribution in [0.3, 0.4) is 0 Å². The number of methoxy groups -OCH3 is 1. The number of pyridine rings is 2. The third-order valence-corrected chi connectivity index (χ3v) is 6.62. The molecular weight excluding hydrogens is 436 g/mol. The lowest BCUT2D eigenvalue weighted by Crippen LogP contribution is -2.65. The molecule has 146 valence electrons. The van der Waals surface area contributed by atoms with Crippen LogP contribution < -0.4 is 4.90 Å². The normalized spacial score (nSPS) is 16.8. The highest BCUT2D eigenvalue weighted by Crippen LogP contribution is 2.47. The molecule has 2 aliphatic rings. The summed E-state index contributed by atoms with van der Waals surface area (Å²) in [5.41, 5.74) is 1.70. The van der Waals surface area contributed by atoms with Crippen molar-refractivity contribution in [2.45, 2.75) is 12.0 Å². The molecule has 3 aromatic rings. The monoisotopic (exact) mass is 452 g/mol. The molecule has 5 rings (SSSR count). The molecule has 0 saturated carbocycles. The first-order valence-electron chi connectivity index (χ1n) is 9.16. The van der Waals surface area contributed by atoms with E-state index in [2.05, 4.69) is 25.9 Å². The number of carbonyl (C=O) groups excluding carboxylic acids is 2. The Bertz CT molecular complexity index is 1160. The topological polar surface area (TPSA) is 75.6 Å². The van der Waals surface area contributed by atoms with Crippen LogP contribution in [0, 0.1) is 0 Å². The number of nitrogens with zero attached hydrogens (tertiary/aromatic N) is 4. The van der Waals surface area contributed by atoms with Gasteiger partial charge in [0.15, 0.2) is 0 Å². The lowest BCUT2D eigenvalue weighted by atomic mass is 9.75. The molecule has 7 nitrogen and oxygen atoms in total. The minimum absolute atomic E-state index is 0.0393. The second-order valence-electron chi connectivity index (χ2n) is 7.30. The maximum Gasteiger partial charge on any atom is 0.409 e. The number of aromatic nitrogens is 2. The number of hydrogen-bond donors (Lipinski definition) is 0. The highest BCUT2D eigenvalue weighted by molar-refractivity contribution is 9.10. The number of likely N-dealkylation sites (tertiary alicyclic amines) is 1. The summed E-state index contributed by atoms with van der Waals surface area (Å²) in [6.45, 7) is 0.930. The highest BCUT2D eigenvalue weighted by Gasteiger charge is 2.59. The number of halogens is 1. The van der Waals surface area contributed by atoms with Crippen molar-refractivity contribution in [1.82, 2.24) is 14.9 Å². The fraction of sp³-hybridized carbons (Fsp3) is 0.238. The second kappa shape index (κ2) is 6.52. The third-order valence-electron chi connectivity index (χ3n) is 5.73. The molecule has 29 heavy (non-hydrogen) atoms. The van der Waals surface area contributed by atoms with Gasteiger partial charge in [0.1, 0.15) is 5.41 Å². The first-order chi connectivity index (χ1) is 14.0. The van der Waals surface area contributed by atoms with Gasteiger partial charge >= 0.3 is 6.09 Å². The molecule has 0 unspecified atom stereocenters. The number of hydrogen-bond acceptors (Lipinski definition) is 5. The quantitative estimate of drug-likeness (QED) is 0.596. The Morgan fingerprint density at radius 2 is 2.03 bits per heavy atom. The van der Waals surface area contributed by atoms with Gasteiger partial charge in [0.05, 0.1) is 31.2 Å². The maximum absolute atomic E-state index is 13.5. The van der Waals surface area contributed by atoms with E-state index in [0.717, 1.165) is 32.2 Å². The standard InChI is InChI=1S/C21H17BrN4O3/c1-29-20(28)25-11-21(12-25)15-6-7-23-9-17(15)26(19(21)27)10-16-18(22)14-5-3-2-4-13(14)8-24-16/h2-9H,10-12H2,1H3. The smallest absolute Gasteiger partial charge is 0.409 e. The fourth-order valence-corrected chi connectivity index (χ4v) is 4.83. The zero-order valence-corrected chi connectivity index (χ0v) is 17.2. The molecule has 2 aliphatic heterocycles. The molecule has 1 spiro atoms. The molecule has 1 fully saturated rings. The summed E-state index contributed by atoms with van der Waals surface area (Å²) in [7, 11) is 1.34. The molecule has 1 saturated heterocycles. The predicted octanol–water partition coefficient (Wildman–Crippen LogP) is 3.26. The van der Waals surface area contributed by atoms with Gasteiger partial charge in [-0.3, -0.25) is 14.8 Å². The van der Waals surface area contributed by atoms with Gasteiger partial charge in [0.25, 0.3) is 0 Å². The highest BCUT2D eigenvalue weighted by atomic mass is 79.9. The zero-order chi connectivity index (χ0) is 20.2. The summed E-state index contributed by atoms with van der Waals surface area (Å²) in [4.78, 5) is 37.4. The molecule has 0 bridgehead atoms. The van der Waals surface area contributed by atoms with Crippen molar-refractivity contribution in [2.24, 2.45) is 0 Å².